The summed E-state index contributed by atoms with van der Waals surface area (Å²) in [5.41, 5.74) is 6.50. The molecule has 0 radical (unpaired) electrons. The average molecular weight is 409 g/mol. The Balaban J connectivity index is 2.84. The molecule has 2 amide bonds. The molecule has 0 aliphatic rings. The van der Waals surface area contributed by atoms with Gasteiger partial charge in [-0.05, 0) is 30.0 Å². The van der Waals surface area contributed by atoms with Gasteiger partial charge in [0.05, 0.1) is 12.5 Å². The number of nitrogens with two attached hydrogens (primary N) is 1. The summed E-state index contributed by atoms with van der Waals surface area (Å²) in [5.74, 6) is -4.60. The summed E-state index contributed by atoms with van der Waals surface area (Å²) >= 11 is 0. The van der Waals surface area contributed by atoms with Crippen molar-refractivity contribution in [2.45, 2.75) is 51.2 Å². The highest BCUT2D eigenvalue weighted by molar-refractivity contribution is 5.94. The maximum Gasteiger partial charge on any atom is 0.326 e. The highest BCUT2D eigenvalue weighted by Gasteiger charge is 2.31. The number of nitrogens with one attached hydrogen (secondary N) is 2. The van der Waals surface area contributed by atoms with Crippen LogP contribution in [0.5, 0.6) is 5.75 Å². The topological polar surface area (TPSA) is 179 Å². The maximum atomic E-state index is 12.4. The minimum absolute atomic E-state index is 0.0549. The fraction of sp³-hybridized carbons (Fsp3) is 0.474. The first-order chi connectivity index (χ1) is 13.5. The monoisotopic (exact) mass is 409 g/mol. The van der Waals surface area contributed by atoms with E-state index in [2.05, 4.69) is 10.6 Å². The largest absolute Gasteiger partial charge is 0.508 e. The molecule has 0 saturated carbocycles. The molecule has 0 bridgehead atoms. The number of phenols is 1. The minimum Gasteiger partial charge on any atom is -0.508 e. The van der Waals surface area contributed by atoms with Gasteiger partial charge in [-0.15, -0.1) is 0 Å². The molecule has 0 spiro atoms. The van der Waals surface area contributed by atoms with Gasteiger partial charge < -0.3 is 31.7 Å². The summed E-state index contributed by atoms with van der Waals surface area (Å²) in [6, 6.07) is 2.25. The van der Waals surface area contributed by atoms with E-state index < -0.39 is 54.2 Å². The molecule has 10 heteroatoms. The van der Waals surface area contributed by atoms with Crippen molar-refractivity contribution in [1.29, 1.82) is 0 Å². The van der Waals surface area contributed by atoms with Crippen LogP contribution >= 0.6 is 0 Å². The maximum absolute atomic E-state index is 12.4. The number of carbonyl (C=O) groups excluding carboxylic acids is 2. The van der Waals surface area contributed by atoms with Crippen LogP contribution in [-0.2, 0) is 25.6 Å². The van der Waals surface area contributed by atoms with Crippen LogP contribution in [0.15, 0.2) is 24.3 Å². The molecular weight excluding hydrogens is 382 g/mol. The van der Waals surface area contributed by atoms with E-state index in [1.165, 1.54) is 12.1 Å². The lowest BCUT2D eigenvalue weighted by atomic mass is 9.98. The van der Waals surface area contributed by atoms with Gasteiger partial charge in [0.2, 0.25) is 11.8 Å². The van der Waals surface area contributed by atoms with Crippen LogP contribution in [0.2, 0.25) is 0 Å². The number of aliphatic carboxylic acids is 2. The molecule has 1 aromatic carbocycles. The Morgan fingerprint density at radius 1 is 1.03 bits per heavy atom. The van der Waals surface area contributed by atoms with E-state index in [-0.39, 0.29) is 12.2 Å². The highest BCUT2D eigenvalue weighted by atomic mass is 16.4. The van der Waals surface area contributed by atoms with Gasteiger partial charge in [-0.3, -0.25) is 14.4 Å². The first-order valence-electron chi connectivity index (χ1n) is 9.14. The first-order valence-corrected chi connectivity index (χ1v) is 9.14. The van der Waals surface area contributed by atoms with Crippen LogP contribution in [0, 0.1) is 5.92 Å². The number of amides is 2. The third kappa shape index (κ3) is 7.78. The number of carboxylic acid groups (broad SMARTS) is 2. The summed E-state index contributed by atoms with van der Waals surface area (Å²) in [6.45, 7) is 3.39. The molecule has 0 aliphatic heterocycles. The van der Waals surface area contributed by atoms with E-state index in [9.17, 15) is 29.4 Å². The van der Waals surface area contributed by atoms with Crippen LogP contribution in [0.25, 0.3) is 0 Å². The zero-order valence-electron chi connectivity index (χ0n) is 16.3. The number of benzene rings is 1. The molecule has 4 atom stereocenters. The molecular formula is C19H27N3O7. The number of phenolic OH excluding ortho intramolecular Hbond substituents is 1. The van der Waals surface area contributed by atoms with Crippen molar-refractivity contribution >= 4 is 23.8 Å². The van der Waals surface area contributed by atoms with Crippen molar-refractivity contribution in [2.24, 2.45) is 11.7 Å². The second-order valence-corrected chi connectivity index (χ2v) is 6.85. The molecule has 0 fully saturated rings. The van der Waals surface area contributed by atoms with Gasteiger partial charge in [0.15, 0.2) is 0 Å². The minimum atomic E-state index is -1.48. The third-order valence-electron chi connectivity index (χ3n) is 4.52. The Kier molecular flexibility index (Phi) is 9.07. The van der Waals surface area contributed by atoms with Crippen LogP contribution in [0.1, 0.15) is 32.3 Å². The van der Waals surface area contributed by atoms with Crippen molar-refractivity contribution in [1.82, 2.24) is 10.6 Å². The molecule has 0 aliphatic carbocycles. The lowest BCUT2D eigenvalue weighted by Gasteiger charge is -2.24. The van der Waals surface area contributed by atoms with Gasteiger partial charge in [-0.1, -0.05) is 32.4 Å². The van der Waals surface area contributed by atoms with E-state index >= 15 is 0 Å². The lowest BCUT2D eigenvalue weighted by molar-refractivity contribution is -0.144. The molecule has 1 aromatic rings. The number of aromatic hydroxyl groups is 1. The lowest BCUT2D eigenvalue weighted by Crippen LogP contribution is -2.56. The number of carboxylic acids is 2. The molecule has 10 nitrogen and oxygen atoms in total. The molecule has 0 aromatic heterocycles. The fourth-order valence-corrected chi connectivity index (χ4v) is 2.58. The van der Waals surface area contributed by atoms with Gasteiger partial charge in [-0.2, -0.15) is 0 Å². The Morgan fingerprint density at radius 3 is 2.10 bits per heavy atom. The van der Waals surface area contributed by atoms with Crippen LogP contribution in [-0.4, -0.2) is 57.2 Å². The predicted octanol–water partition coefficient (Wildman–Crippen LogP) is -0.163. The molecule has 0 saturated heterocycles. The van der Waals surface area contributed by atoms with E-state index in [1.54, 1.807) is 26.0 Å². The molecule has 0 heterocycles. The molecule has 29 heavy (non-hydrogen) atoms. The van der Waals surface area contributed by atoms with Crippen LogP contribution in [0.4, 0.5) is 0 Å². The van der Waals surface area contributed by atoms with Crippen molar-refractivity contribution in [3.63, 3.8) is 0 Å². The number of carbonyl (C=O) groups is 4. The van der Waals surface area contributed by atoms with E-state index in [4.69, 9.17) is 10.8 Å². The number of hydrogen-bond donors (Lipinski definition) is 6. The Bertz CT molecular complexity index is 736. The Labute approximate surface area is 168 Å². The van der Waals surface area contributed by atoms with Crippen molar-refractivity contribution in [3.05, 3.63) is 29.8 Å². The standard InChI is InChI=1S/C19H27N3O7/c1-3-10(2)16(19(28)29)22-18(27)14(9-15(24)25)21-17(26)13(20)8-11-4-6-12(23)7-5-11/h4-7,10,13-14,16,23H,3,8-9,20H2,1-2H3,(H,21,26)(H,22,27)(H,24,25)(H,28,29)/t10-,13-,14-,16-/m0/s1. The quantitative estimate of drug-likeness (QED) is 0.292. The molecule has 160 valence electrons. The third-order valence-corrected chi connectivity index (χ3v) is 4.52. The number of rotatable bonds is 11. The second-order valence-electron chi connectivity index (χ2n) is 6.85. The smallest absolute Gasteiger partial charge is 0.326 e. The molecule has 7 N–H and O–H groups in total. The zero-order chi connectivity index (χ0) is 22.1. The van der Waals surface area contributed by atoms with Gasteiger partial charge in [-0.25, -0.2) is 4.79 Å². The SMILES string of the molecule is CC[C@H](C)[C@H](NC(=O)[C@H](CC(=O)O)NC(=O)[C@@H](N)Cc1ccc(O)cc1)C(=O)O. The molecule has 1 rings (SSSR count). The van der Waals surface area contributed by atoms with E-state index in [0.29, 0.717) is 12.0 Å². The van der Waals surface area contributed by atoms with E-state index in [0.717, 1.165) is 0 Å². The summed E-state index contributed by atoms with van der Waals surface area (Å²) < 4.78 is 0. The van der Waals surface area contributed by atoms with Gasteiger partial charge in [0.25, 0.3) is 0 Å². The normalized spacial score (nSPS) is 14.9. The Morgan fingerprint density at radius 2 is 1.62 bits per heavy atom. The first kappa shape index (κ1) is 23.9. The summed E-state index contributed by atoms with van der Waals surface area (Å²) in [6.07, 6.45) is -0.154. The molecule has 0 unspecified atom stereocenters. The van der Waals surface area contributed by atoms with E-state index in [1.807, 2.05) is 0 Å². The van der Waals surface area contributed by atoms with Crippen LogP contribution in [0.3, 0.4) is 0 Å². The van der Waals surface area contributed by atoms with Crippen molar-refractivity contribution < 1.29 is 34.5 Å². The predicted molar refractivity (Wildman–Crippen MR) is 103 cm³/mol. The fourth-order valence-electron chi connectivity index (χ4n) is 2.58. The summed E-state index contributed by atoms with van der Waals surface area (Å²) in [7, 11) is 0. The number of hydrogen-bond acceptors (Lipinski definition) is 6. The van der Waals surface area contributed by atoms with Gasteiger partial charge >= 0.3 is 11.9 Å². The van der Waals surface area contributed by atoms with Crippen LogP contribution < -0.4 is 16.4 Å². The summed E-state index contributed by atoms with van der Waals surface area (Å²) in [5, 5.41) is 32.2. The van der Waals surface area contributed by atoms with Crippen molar-refractivity contribution in [2.75, 3.05) is 0 Å². The van der Waals surface area contributed by atoms with Gasteiger partial charge in [0.1, 0.15) is 17.8 Å². The van der Waals surface area contributed by atoms with Crippen molar-refractivity contribution in [3.8, 4) is 5.75 Å². The highest BCUT2D eigenvalue weighted by Crippen LogP contribution is 2.11. The second kappa shape index (κ2) is 11.0. The zero-order valence-corrected chi connectivity index (χ0v) is 16.3. The Hall–Kier alpha value is -3.14. The summed E-state index contributed by atoms with van der Waals surface area (Å²) in [4.78, 5) is 47.3. The average Bonchev–Trinajstić information content (AvgIpc) is 2.65. The van der Waals surface area contributed by atoms with Gasteiger partial charge in [0, 0.05) is 0 Å².